The van der Waals surface area contributed by atoms with E-state index in [0.717, 1.165) is 39.8 Å². The SMILES string of the molecule is CC/C(=C\C=C(/C)O)C(c1ccc(O)cc1)c1ccc(C(c2ccc(O)cc2)c2ccc(O)cc2)cc1. The predicted octanol–water partition coefficient (Wildman–Crippen LogP) is 7.91. The summed E-state index contributed by atoms with van der Waals surface area (Å²) in [4.78, 5) is 0. The van der Waals surface area contributed by atoms with Crippen molar-refractivity contribution >= 4 is 0 Å². The van der Waals surface area contributed by atoms with E-state index in [1.54, 1.807) is 49.4 Å². The van der Waals surface area contributed by atoms with E-state index >= 15 is 0 Å². The molecule has 0 heterocycles. The van der Waals surface area contributed by atoms with Gasteiger partial charge in [0.25, 0.3) is 0 Å². The Hall–Kier alpha value is -4.44. The molecule has 0 radical (unpaired) electrons. The Morgan fingerprint density at radius 3 is 1.24 bits per heavy atom. The van der Waals surface area contributed by atoms with E-state index in [4.69, 9.17) is 0 Å². The van der Waals surface area contributed by atoms with E-state index < -0.39 is 0 Å². The van der Waals surface area contributed by atoms with Crippen molar-refractivity contribution in [1.82, 2.24) is 0 Å². The third-order valence-electron chi connectivity index (χ3n) is 6.60. The maximum absolute atomic E-state index is 9.84. The average molecular weight is 493 g/mol. The molecule has 0 aliphatic rings. The fraction of sp³-hybridized carbons (Fsp3) is 0.152. The lowest BCUT2D eigenvalue weighted by atomic mass is 9.81. The fourth-order valence-electron chi connectivity index (χ4n) is 4.73. The largest absolute Gasteiger partial charge is 0.513 e. The van der Waals surface area contributed by atoms with Crippen LogP contribution in [0.25, 0.3) is 0 Å². The highest BCUT2D eigenvalue weighted by Crippen LogP contribution is 2.38. The van der Waals surface area contributed by atoms with Crippen LogP contribution in [0.4, 0.5) is 0 Å². The molecule has 0 saturated carbocycles. The van der Waals surface area contributed by atoms with E-state index in [-0.39, 0.29) is 34.8 Å². The molecule has 0 fully saturated rings. The lowest BCUT2D eigenvalue weighted by molar-refractivity contribution is 0.414. The number of hydrogen-bond donors (Lipinski definition) is 4. The second kappa shape index (κ2) is 11.5. The molecule has 37 heavy (non-hydrogen) atoms. The number of rotatable bonds is 8. The van der Waals surface area contributed by atoms with Gasteiger partial charge < -0.3 is 20.4 Å². The number of aliphatic hydroxyl groups is 1. The summed E-state index contributed by atoms with van der Waals surface area (Å²) in [7, 11) is 0. The molecule has 188 valence electrons. The molecule has 4 rings (SSSR count). The minimum absolute atomic E-state index is 0.0453. The van der Waals surface area contributed by atoms with Crippen molar-refractivity contribution in [3.63, 3.8) is 0 Å². The molecule has 0 spiro atoms. The molecule has 0 aliphatic heterocycles. The number of phenolic OH excluding ortho intramolecular Hbond substituents is 3. The number of aliphatic hydroxyl groups excluding tert-OH is 1. The van der Waals surface area contributed by atoms with Crippen LogP contribution in [-0.4, -0.2) is 20.4 Å². The number of allylic oxidation sites excluding steroid dienone is 4. The van der Waals surface area contributed by atoms with Gasteiger partial charge in [-0.25, -0.2) is 0 Å². The van der Waals surface area contributed by atoms with Gasteiger partial charge >= 0.3 is 0 Å². The Labute approximate surface area is 218 Å². The van der Waals surface area contributed by atoms with Crippen LogP contribution in [0.3, 0.4) is 0 Å². The summed E-state index contributed by atoms with van der Waals surface area (Å²) in [5.41, 5.74) is 6.43. The number of benzene rings is 4. The second-order valence-corrected chi connectivity index (χ2v) is 9.21. The first-order valence-corrected chi connectivity index (χ1v) is 12.4. The summed E-state index contributed by atoms with van der Waals surface area (Å²) in [5, 5.41) is 39.2. The lowest BCUT2D eigenvalue weighted by Crippen LogP contribution is -2.07. The van der Waals surface area contributed by atoms with Gasteiger partial charge in [0, 0.05) is 11.8 Å². The Morgan fingerprint density at radius 2 is 0.892 bits per heavy atom. The molecule has 0 bridgehead atoms. The summed E-state index contributed by atoms with van der Waals surface area (Å²) in [6.45, 7) is 3.75. The van der Waals surface area contributed by atoms with Crippen LogP contribution in [-0.2, 0) is 0 Å². The van der Waals surface area contributed by atoms with Crippen molar-refractivity contribution in [3.05, 3.63) is 148 Å². The van der Waals surface area contributed by atoms with Gasteiger partial charge in [0.1, 0.15) is 17.2 Å². The van der Waals surface area contributed by atoms with Crippen molar-refractivity contribution in [1.29, 1.82) is 0 Å². The van der Waals surface area contributed by atoms with E-state index in [1.807, 2.05) is 42.5 Å². The highest BCUT2D eigenvalue weighted by molar-refractivity contribution is 5.49. The molecule has 1 atom stereocenters. The van der Waals surface area contributed by atoms with Crippen molar-refractivity contribution in [2.75, 3.05) is 0 Å². The molecule has 4 N–H and O–H groups in total. The first kappa shape index (κ1) is 25.6. The van der Waals surface area contributed by atoms with Gasteiger partial charge in [0.15, 0.2) is 0 Å². The highest BCUT2D eigenvalue weighted by atomic mass is 16.3. The Balaban J connectivity index is 1.79. The maximum Gasteiger partial charge on any atom is 0.115 e. The smallest absolute Gasteiger partial charge is 0.115 e. The molecule has 0 saturated heterocycles. The number of aromatic hydroxyl groups is 3. The van der Waals surface area contributed by atoms with Gasteiger partial charge in [0.2, 0.25) is 0 Å². The summed E-state index contributed by atoms with van der Waals surface area (Å²) >= 11 is 0. The molecular formula is C33H32O4. The molecule has 4 nitrogen and oxygen atoms in total. The van der Waals surface area contributed by atoms with Crippen LogP contribution in [0, 0.1) is 0 Å². The summed E-state index contributed by atoms with van der Waals surface area (Å²) < 4.78 is 0. The normalized spacial score (nSPS) is 13.1. The molecule has 4 heteroatoms. The van der Waals surface area contributed by atoms with Gasteiger partial charge in [-0.3, -0.25) is 0 Å². The Kier molecular flexibility index (Phi) is 7.99. The molecule has 4 aromatic rings. The quantitative estimate of drug-likeness (QED) is 0.114. The molecular weight excluding hydrogens is 460 g/mol. The van der Waals surface area contributed by atoms with E-state index in [9.17, 15) is 20.4 Å². The van der Waals surface area contributed by atoms with Crippen LogP contribution in [0.5, 0.6) is 17.2 Å². The van der Waals surface area contributed by atoms with E-state index in [0.29, 0.717) is 0 Å². The zero-order valence-electron chi connectivity index (χ0n) is 21.0. The zero-order valence-corrected chi connectivity index (χ0v) is 21.0. The summed E-state index contributed by atoms with van der Waals surface area (Å²) in [5.74, 6) is 0.769. The average Bonchev–Trinajstić information content (AvgIpc) is 2.90. The monoisotopic (exact) mass is 492 g/mol. The predicted molar refractivity (Wildman–Crippen MR) is 148 cm³/mol. The zero-order chi connectivity index (χ0) is 26.4. The standard InChI is InChI=1S/C33H32O4/c1-3-23(5-4-22(2)34)32(26-10-16-29(35)17-11-26)24-6-8-25(9-7-24)33(27-12-18-30(36)19-13-27)28-14-20-31(37)21-15-28/h4-21,32-37H,3H2,1-2H3/b22-4+,23-5+. The topological polar surface area (TPSA) is 80.9 Å². The highest BCUT2D eigenvalue weighted by Gasteiger charge is 2.21. The van der Waals surface area contributed by atoms with Crippen molar-refractivity contribution in [2.24, 2.45) is 0 Å². The molecule has 0 amide bonds. The number of hydrogen-bond acceptors (Lipinski definition) is 4. The lowest BCUT2D eigenvalue weighted by Gasteiger charge is -2.23. The minimum Gasteiger partial charge on any atom is -0.513 e. The number of phenols is 3. The first-order valence-electron chi connectivity index (χ1n) is 12.4. The van der Waals surface area contributed by atoms with Crippen molar-refractivity contribution in [2.45, 2.75) is 32.1 Å². The van der Waals surface area contributed by atoms with Gasteiger partial charge in [-0.2, -0.15) is 0 Å². The third kappa shape index (κ3) is 6.22. The van der Waals surface area contributed by atoms with Crippen LogP contribution < -0.4 is 0 Å². The first-order chi connectivity index (χ1) is 17.9. The minimum atomic E-state index is -0.0801. The molecule has 0 aliphatic carbocycles. The van der Waals surface area contributed by atoms with Crippen molar-refractivity contribution < 1.29 is 20.4 Å². The Bertz CT molecular complexity index is 1320. The van der Waals surface area contributed by atoms with Crippen LogP contribution in [0.1, 0.15) is 59.9 Å². The summed E-state index contributed by atoms with van der Waals surface area (Å²) in [6, 6.07) is 30.2. The van der Waals surface area contributed by atoms with E-state index in [2.05, 4.69) is 31.2 Å². The second-order valence-electron chi connectivity index (χ2n) is 9.21. The fourth-order valence-corrected chi connectivity index (χ4v) is 4.73. The molecule has 0 aromatic heterocycles. The Morgan fingerprint density at radius 1 is 0.568 bits per heavy atom. The summed E-state index contributed by atoms with van der Waals surface area (Å²) in [6.07, 6.45) is 4.48. The van der Waals surface area contributed by atoms with Crippen molar-refractivity contribution in [3.8, 4) is 17.2 Å². The van der Waals surface area contributed by atoms with Crippen LogP contribution >= 0.6 is 0 Å². The molecule has 4 aromatic carbocycles. The maximum atomic E-state index is 9.84. The molecule has 1 unspecified atom stereocenters. The van der Waals surface area contributed by atoms with Gasteiger partial charge in [-0.05, 0) is 83.6 Å². The van der Waals surface area contributed by atoms with E-state index in [1.165, 1.54) is 0 Å². The van der Waals surface area contributed by atoms with Crippen LogP contribution in [0.15, 0.2) is 121 Å². The third-order valence-corrected chi connectivity index (χ3v) is 6.60. The van der Waals surface area contributed by atoms with Gasteiger partial charge in [-0.1, -0.05) is 79.2 Å². The van der Waals surface area contributed by atoms with Crippen LogP contribution in [0.2, 0.25) is 0 Å². The van der Waals surface area contributed by atoms with Gasteiger partial charge in [-0.15, -0.1) is 0 Å². The van der Waals surface area contributed by atoms with Gasteiger partial charge in [0.05, 0.1) is 5.76 Å².